The van der Waals surface area contributed by atoms with Crippen LogP contribution >= 0.6 is 0 Å². The van der Waals surface area contributed by atoms with E-state index in [9.17, 15) is 4.79 Å². The maximum atomic E-state index is 12.2. The largest absolute Gasteiger partial charge is 0.460 e. The van der Waals surface area contributed by atoms with Crippen molar-refractivity contribution in [2.45, 2.75) is 66.3 Å². The Balaban J connectivity index is 1.98. The zero-order chi connectivity index (χ0) is 19.0. The Hall–Kier alpha value is -1.83. The van der Waals surface area contributed by atoms with Gasteiger partial charge < -0.3 is 14.2 Å². The van der Waals surface area contributed by atoms with Crippen molar-refractivity contribution in [1.29, 1.82) is 0 Å². The minimum atomic E-state index is -0.469. The van der Waals surface area contributed by atoms with E-state index in [2.05, 4.69) is 11.8 Å². The van der Waals surface area contributed by atoms with E-state index in [1.54, 1.807) is 0 Å². The van der Waals surface area contributed by atoms with Gasteiger partial charge in [0.1, 0.15) is 13.2 Å². The summed E-state index contributed by atoms with van der Waals surface area (Å²) in [6, 6.07) is 5.92. The van der Waals surface area contributed by atoms with E-state index in [1.807, 2.05) is 45.9 Å². The molecule has 0 radical (unpaired) electrons. The zero-order valence-electron chi connectivity index (χ0n) is 16.4. The topological polar surface area (TPSA) is 44.8 Å². The molecule has 1 aromatic carbocycles. The number of ether oxygens (including phenoxy) is 3. The SMILES string of the molecule is CCC(C)(C)C(=O)OCc1cccc(C)c1C#CCOC1CCCCO1. The third-order valence-corrected chi connectivity index (χ3v) is 4.85. The van der Waals surface area contributed by atoms with Crippen molar-refractivity contribution >= 4 is 5.97 Å². The quantitative estimate of drug-likeness (QED) is 0.559. The molecule has 4 heteroatoms. The molecule has 1 heterocycles. The van der Waals surface area contributed by atoms with Crippen molar-refractivity contribution in [2.75, 3.05) is 13.2 Å². The van der Waals surface area contributed by atoms with Gasteiger partial charge in [0.05, 0.1) is 5.41 Å². The highest BCUT2D eigenvalue weighted by Crippen LogP contribution is 2.23. The van der Waals surface area contributed by atoms with Crippen LogP contribution in [0.25, 0.3) is 0 Å². The molecule has 1 aliphatic rings. The summed E-state index contributed by atoms with van der Waals surface area (Å²) < 4.78 is 16.7. The second-order valence-electron chi connectivity index (χ2n) is 7.33. The fraction of sp³-hybridized carbons (Fsp3) is 0.591. The highest BCUT2D eigenvalue weighted by Gasteiger charge is 2.27. The average Bonchev–Trinajstić information content (AvgIpc) is 2.65. The lowest BCUT2D eigenvalue weighted by molar-refractivity contribution is -0.155. The van der Waals surface area contributed by atoms with Crippen LogP contribution in [0, 0.1) is 24.2 Å². The molecule has 26 heavy (non-hydrogen) atoms. The number of carbonyl (C=O) groups is 1. The third-order valence-electron chi connectivity index (χ3n) is 4.85. The Morgan fingerprint density at radius 3 is 2.85 bits per heavy atom. The van der Waals surface area contributed by atoms with E-state index >= 15 is 0 Å². The van der Waals surface area contributed by atoms with Crippen molar-refractivity contribution in [3.05, 3.63) is 34.9 Å². The predicted octanol–water partition coefficient (Wildman–Crippen LogP) is 4.37. The third kappa shape index (κ3) is 5.86. The highest BCUT2D eigenvalue weighted by atomic mass is 16.7. The van der Waals surface area contributed by atoms with Crippen LogP contribution in [-0.2, 0) is 25.6 Å². The number of esters is 1. The number of carbonyl (C=O) groups excluding carboxylic acids is 1. The second-order valence-corrected chi connectivity index (χ2v) is 7.33. The van der Waals surface area contributed by atoms with Crippen molar-refractivity contribution in [2.24, 2.45) is 5.41 Å². The van der Waals surface area contributed by atoms with Gasteiger partial charge >= 0.3 is 5.97 Å². The highest BCUT2D eigenvalue weighted by molar-refractivity contribution is 5.75. The Labute approximate surface area is 157 Å². The van der Waals surface area contributed by atoms with Gasteiger partial charge in [-0.05, 0) is 52.0 Å². The molecule has 1 unspecified atom stereocenters. The van der Waals surface area contributed by atoms with Crippen LogP contribution in [0.5, 0.6) is 0 Å². The van der Waals surface area contributed by atoms with Gasteiger partial charge in [-0.15, -0.1) is 0 Å². The van der Waals surface area contributed by atoms with Crippen molar-refractivity contribution in [3.8, 4) is 11.8 Å². The molecule has 1 saturated heterocycles. The Morgan fingerprint density at radius 1 is 1.35 bits per heavy atom. The molecule has 1 atom stereocenters. The zero-order valence-corrected chi connectivity index (χ0v) is 16.4. The van der Waals surface area contributed by atoms with Crippen molar-refractivity contribution in [1.82, 2.24) is 0 Å². The molecular weight excluding hydrogens is 328 g/mol. The average molecular weight is 358 g/mol. The van der Waals surface area contributed by atoms with Crippen molar-refractivity contribution < 1.29 is 19.0 Å². The maximum absolute atomic E-state index is 12.2. The van der Waals surface area contributed by atoms with E-state index in [-0.39, 0.29) is 18.9 Å². The van der Waals surface area contributed by atoms with E-state index in [4.69, 9.17) is 14.2 Å². The summed E-state index contributed by atoms with van der Waals surface area (Å²) in [7, 11) is 0. The summed E-state index contributed by atoms with van der Waals surface area (Å²) in [6.45, 7) is 9.13. The number of hydrogen-bond donors (Lipinski definition) is 0. The molecular formula is C22H30O4. The van der Waals surface area contributed by atoms with Gasteiger partial charge in [-0.2, -0.15) is 0 Å². The standard InChI is InChI=1S/C22H30O4/c1-5-22(3,4)21(23)26-16-18-11-8-10-17(2)19(18)12-9-15-25-20-13-6-7-14-24-20/h8,10-11,20H,5-7,13-16H2,1-4H3. The second kappa shape index (κ2) is 9.75. The monoisotopic (exact) mass is 358 g/mol. The molecule has 0 saturated carbocycles. The van der Waals surface area contributed by atoms with Crippen LogP contribution in [0.15, 0.2) is 18.2 Å². The van der Waals surface area contributed by atoms with Crippen LogP contribution in [0.4, 0.5) is 0 Å². The van der Waals surface area contributed by atoms with Crippen LogP contribution in [0.3, 0.4) is 0 Å². The van der Waals surface area contributed by atoms with Gasteiger partial charge in [0.25, 0.3) is 0 Å². The van der Waals surface area contributed by atoms with Crippen LogP contribution < -0.4 is 0 Å². The normalized spacial score (nSPS) is 17.3. The molecule has 0 spiro atoms. The first-order valence-corrected chi connectivity index (χ1v) is 9.42. The van der Waals surface area contributed by atoms with Gasteiger partial charge in [-0.25, -0.2) is 0 Å². The summed E-state index contributed by atoms with van der Waals surface area (Å²) in [5, 5.41) is 0. The minimum absolute atomic E-state index is 0.133. The number of aryl methyl sites for hydroxylation is 1. The molecule has 1 aliphatic heterocycles. The van der Waals surface area contributed by atoms with Crippen LogP contribution in [0.1, 0.15) is 63.1 Å². The molecule has 0 N–H and O–H groups in total. The van der Waals surface area contributed by atoms with Crippen LogP contribution in [0.2, 0.25) is 0 Å². The van der Waals surface area contributed by atoms with Gasteiger partial charge in [0.2, 0.25) is 0 Å². The lowest BCUT2D eigenvalue weighted by atomic mass is 9.91. The number of benzene rings is 1. The van der Waals surface area contributed by atoms with E-state index in [0.29, 0.717) is 6.61 Å². The first-order chi connectivity index (χ1) is 12.4. The van der Waals surface area contributed by atoms with Gasteiger partial charge in [0, 0.05) is 17.7 Å². The lowest BCUT2D eigenvalue weighted by Crippen LogP contribution is -2.25. The van der Waals surface area contributed by atoms with Gasteiger partial charge in [0.15, 0.2) is 6.29 Å². The Morgan fingerprint density at radius 2 is 2.15 bits per heavy atom. The van der Waals surface area contributed by atoms with E-state index < -0.39 is 5.41 Å². The van der Waals surface area contributed by atoms with Crippen LogP contribution in [-0.4, -0.2) is 25.5 Å². The number of hydrogen-bond acceptors (Lipinski definition) is 4. The Kier molecular flexibility index (Phi) is 7.68. The predicted molar refractivity (Wildman–Crippen MR) is 101 cm³/mol. The molecule has 0 amide bonds. The summed E-state index contributed by atoms with van der Waals surface area (Å²) in [4.78, 5) is 12.2. The molecule has 0 bridgehead atoms. The lowest BCUT2D eigenvalue weighted by Gasteiger charge is -2.21. The molecule has 1 aromatic rings. The molecule has 0 aliphatic carbocycles. The molecule has 142 valence electrons. The maximum Gasteiger partial charge on any atom is 0.311 e. The first kappa shape index (κ1) is 20.5. The summed E-state index contributed by atoms with van der Waals surface area (Å²) in [5.41, 5.74) is 2.42. The Bertz CT molecular complexity index is 660. The molecule has 0 aromatic heterocycles. The van der Waals surface area contributed by atoms with Gasteiger partial charge in [-0.3, -0.25) is 4.79 Å². The minimum Gasteiger partial charge on any atom is -0.460 e. The molecule has 2 rings (SSSR count). The smallest absolute Gasteiger partial charge is 0.311 e. The number of rotatable bonds is 6. The van der Waals surface area contributed by atoms with Gasteiger partial charge in [-0.1, -0.05) is 37.0 Å². The summed E-state index contributed by atoms with van der Waals surface area (Å²) in [6.07, 6.45) is 3.78. The van der Waals surface area contributed by atoms with E-state index in [1.165, 1.54) is 0 Å². The summed E-state index contributed by atoms with van der Waals surface area (Å²) >= 11 is 0. The first-order valence-electron chi connectivity index (χ1n) is 9.42. The summed E-state index contributed by atoms with van der Waals surface area (Å²) in [5.74, 6) is 6.06. The van der Waals surface area contributed by atoms with Crippen molar-refractivity contribution in [3.63, 3.8) is 0 Å². The van der Waals surface area contributed by atoms with E-state index in [0.717, 1.165) is 49.0 Å². The molecule has 4 nitrogen and oxygen atoms in total. The fourth-order valence-corrected chi connectivity index (χ4v) is 2.61. The fourth-order valence-electron chi connectivity index (χ4n) is 2.61. The molecule has 1 fully saturated rings.